The van der Waals surface area contributed by atoms with Crippen molar-refractivity contribution in [3.05, 3.63) is 35.3 Å². The minimum atomic E-state index is -1.95. The summed E-state index contributed by atoms with van der Waals surface area (Å²) in [5, 5.41) is 8.97. The molecule has 2 heterocycles. The number of aryl methyl sites for hydroxylation is 1. The second-order valence-corrected chi connectivity index (χ2v) is 4.29. The molecule has 1 aliphatic heterocycles. The molecule has 0 amide bonds. The molecule has 0 spiro atoms. The summed E-state index contributed by atoms with van der Waals surface area (Å²) in [6.45, 7) is 1.68. The van der Waals surface area contributed by atoms with Gasteiger partial charge in [-0.3, -0.25) is 4.99 Å². The van der Waals surface area contributed by atoms with Crippen LogP contribution in [0.25, 0.3) is 5.57 Å². The van der Waals surface area contributed by atoms with Crippen molar-refractivity contribution in [1.82, 2.24) is 4.98 Å². The van der Waals surface area contributed by atoms with Gasteiger partial charge in [0, 0.05) is 25.4 Å². The Morgan fingerprint density at radius 3 is 2.89 bits per heavy atom. The molecule has 0 bridgehead atoms. The van der Waals surface area contributed by atoms with Gasteiger partial charge in [0.1, 0.15) is 5.69 Å². The summed E-state index contributed by atoms with van der Waals surface area (Å²) >= 11 is 0. The smallest absolute Gasteiger partial charge is 0.354 e. The lowest BCUT2D eigenvalue weighted by atomic mass is 9.97. The van der Waals surface area contributed by atoms with E-state index in [1.165, 1.54) is 19.4 Å². The topological polar surface area (TPSA) is 71.8 Å². The van der Waals surface area contributed by atoms with Crippen molar-refractivity contribution >= 4 is 17.8 Å². The second-order valence-electron chi connectivity index (χ2n) is 4.29. The van der Waals surface area contributed by atoms with Crippen LogP contribution >= 0.6 is 0 Å². The molecule has 19 heavy (non-hydrogen) atoms. The molecule has 2 rings (SSSR count). The second kappa shape index (κ2) is 4.89. The number of alkyl halides is 1. The lowest BCUT2D eigenvalue weighted by Gasteiger charge is -2.23. The van der Waals surface area contributed by atoms with E-state index in [-0.39, 0.29) is 12.1 Å². The first-order chi connectivity index (χ1) is 8.93. The molecular formula is C13H13FN2O3. The van der Waals surface area contributed by atoms with Gasteiger partial charge >= 0.3 is 5.97 Å². The predicted molar refractivity (Wildman–Crippen MR) is 67.9 cm³/mol. The van der Waals surface area contributed by atoms with Crippen molar-refractivity contribution in [3.8, 4) is 0 Å². The number of nitrogens with zero attached hydrogens (tertiary/aromatic N) is 2. The normalized spacial score (nSPS) is 22.2. The number of halogens is 1. The van der Waals surface area contributed by atoms with Crippen LogP contribution in [-0.2, 0) is 4.74 Å². The standard InChI is InChI=1S/C13H13FN2O3/c1-8-3-9(4-11(16-8)12(17)18)10-5-13(14,19-2)7-15-6-10/h3-4,6-7H,5H2,1-2H3,(H,17,18). The van der Waals surface area contributed by atoms with E-state index < -0.39 is 11.8 Å². The first kappa shape index (κ1) is 13.4. The van der Waals surface area contributed by atoms with Gasteiger partial charge in [0.2, 0.25) is 5.85 Å². The van der Waals surface area contributed by atoms with Crippen LogP contribution in [-0.4, -0.2) is 35.2 Å². The van der Waals surface area contributed by atoms with Crippen LogP contribution in [0.3, 0.4) is 0 Å². The van der Waals surface area contributed by atoms with E-state index in [2.05, 4.69) is 9.98 Å². The number of rotatable bonds is 3. The van der Waals surface area contributed by atoms with Gasteiger partial charge in [-0.05, 0) is 30.2 Å². The van der Waals surface area contributed by atoms with E-state index >= 15 is 0 Å². The highest BCUT2D eigenvalue weighted by Gasteiger charge is 2.31. The number of aliphatic imine (C=N–C) groups is 1. The van der Waals surface area contributed by atoms with E-state index in [1.54, 1.807) is 13.0 Å². The van der Waals surface area contributed by atoms with E-state index in [4.69, 9.17) is 9.84 Å². The summed E-state index contributed by atoms with van der Waals surface area (Å²) in [7, 11) is 1.26. The predicted octanol–water partition coefficient (Wildman–Crippen LogP) is 2.22. The number of hydrogen-bond donors (Lipinski definition) is 1. The van der Waals surface area contributed by atoms with Crippen LogP contribution in [0.2, 0.25) is 0 Å². The fourth-order valence-electron chi connectivity index (χ4n) is 1.85. The third-order valence-corrected chi connectivity index (χ3v) is 2.81. The van der Waals surface area contributed by atoms with Gasteiger partial charge in [0.05, 0.1) is 6.21 Å². The molecule has 100 valence electrons. The molecular weight excluding hydrogens is 251 g/mol. The van der Waals surface area contributed by atoms with E-state index in [1.807, 2.05) is 0 Å². The van der Waals surface area contributed by atoms with Crippen molar-refractivity contribution in [3.63, 3.8) is 0 Å². The zero-order valence-corrected chi connectivity index (χ0v) is 10.6. The highest BCUT2D eigenvalue weighted by molar-refractivity contribution is 5.87. The number of aromatic carboxylic acids is 1. The molecule has 1 atom stereocenters. The number of carboxylic acid groups (broad SMARTS) is 1. The summed E-state index contributed by atoms with van der Waals surface area (Å²) in [4.78, 5) is 18.7. The van der Waals surface area contributed by atoms with Crippen LogP contribution in [0.15, 0.2) is 23.3 Å². The Kier molecular flexibility index (Phi) is 3.44. The van der Waals surface area contributed by atoms with Gasteiger partial charge in [-0.25, -0.2) is 14.2 Å². The Morgan fingerprint density at radius 1 is 1.53 bits per heavy atom. The SMILES string of the molecule is COC1(F)C=NC=C(c2cc(C)nc(C(=O)O)c2)C1. The Morgan fingerprint density at radius 2 is 2.26 bits per heavy atom. The molecule has 0 saturated heterocycles. The summed E-state index contributed by atoms with van der Waals surface area (Å²) in [5.41, 5.74) is 1.63. The maximum absolute atomic E-state index is 14.1. The monoisotopic (exact) mass is 264 g/mol. The zero-order chi connectivity index (χ0) is 14.0. The fraction of sp³-hybridized carbons (Fsp3) is 0.308. The summed E-state index contributed by atoms with van der Waals surface area (Å²) in [6.07, 6.45) is 2.56. The maximum atomic E-state index is 14.1. The highest BCUT2D eigenvalue weighted by Crippen LogP contribution is 2.31. The van der Waals surface area contributed by atoms with Gasteiger partial charge in [0.25, 0.3) is 0 Å². The summed E-state index contributed by atoms with van der Waals surface area (Å²) in [6, 6.07) is 3.09. The van der Waals surface area contributed by atoms with Crippen molar-refractivity contribution in [1.29, 1.82) is 0 Å². The average molecular weight is 264 g/mol. The van der Waals surface area contributed by atoms with Crippen LogP contribution in [0.4, 0.5) is 4.39 Å². The first-order valence-electron chi connectivity index (χ1n) is 5.63. The molecule has 0 fully saturated rings. The number of aromatic nitrogens is 1. The number of carboxylic acids is 1. The van der Waals surface area contributed by atoms with Crippen molar-refractivity contribution in [2.75, 3.05) is 7.11 Å². The Hall–Kier alpha value is -2.08. The fourth-order valence-corrected chi connectivity index (χ4v) is 1.85. The lowest BCUT2D eigenvalue weighted by molar-refractivity contribution is -0.0523. The molecule has 0 aromatic carbocycles. The molecule has 1 unspecified atom stereocenters. The summed E-state index contributed by atoms with van der Waals surface area (Å²) < 4.78 is 18.8. The number of carbonyl (C=O) groups is 1. The zero-order valence-electron chi connectivity index (χ0n) is 10.6. The number of ether oxygens (including phenoxy) is 1. The molecule has 0 aliphatic carbocycles. The van der Waals surface area contributed by atoms with E-state index in [0.29, 0.717) is 16.8 Å². The number of methoxy groups -OCH3 is 1. The van der Waals surface area contributed by atoms with Crippen LogP contribution in [0.5, 0.6) is 0 Å². The minimum Gasteiger partial charge on any atom is -0.477 e. The van der Waals surface area contributed by atoms with Crippen molar-refractivity contribution < 1.29 is 19.0 Å². The van der Waals surface area contributed by atoms with Crippen molar-refractivity contribution in [2.24, 2.45) is 4.99 Å². The molecule has 1 N–H and O–H groups in total. The molecule has 5 nitrogen and oxygen atoms in total. The van der Waals surface area contributed by atoms with Crippen LogP contribution < -0.4 is 0 Å². The van der Waals surface area contributed by atoms with Gasteiger partial charge in [-0.15, -0.1) is 0 Å². The van der Waals surface area contributed by atoms with Gasteiger partial charge < -0.3 is 9.84 Å². The van der Waals surface area contributed by atoms with Crippen LogP contribution in [0, 0.1) is 6.92 Å². The average Bonchev–Trinajstić information content (AvgIpc) is 2.38. The Bertz CT molecular complexity index is 583. The van der Waals surface area contributed by atoms with Gasteiger partial charge in [-0.1, -0.05) is 0 Å². The maximum Gasteiger partial charge on any atom is 0.354 e. The number of hydrogen-bond acceptors (Lipinski definition) is 4. The number of pyridine rings is 1. The molecule has 1 aromatic heterocycles. The molecule has 6 heteroatoms. The Balaban J connectivity index is 2.40. The minimum absolute atomic E-state index is 0.0183. The molecule has 1 aromatic rings. The first-order valence-corrected chi connectivity index (χ1v) is 5.63. The van der Waals surface area contributed by atoms with Gasteiger partial charge in [-0.2, -0.15) is 0 Å². The molecule has 0 saturated carbocycles. The third-order valence-electron chi connectivity index (χ3n) is 2.81. The van der Waals surface area contributed by atoms with Gasteiger partial charge in [0.15, 0.2) is 0 Å². The Labute approximate surface area is 109 Å². The molecule has 1 aliphatic rings. The summed E-state index contributed by atoms with van der Waals surface area (Å²) in [5.74, 6) is -3.08. The lowest BCUT2D eigenvalue weighted by Crippen LogP contribution is -2.29. The van der Waals surface area contributed by atoms with E-state index in [9.17, 15) is 9.18 Å². The molecule has 0 radical (unpaired) electrons. The van der Waals surface area contributed by atoms with Crippen molar-refractivity contribution in [2.45, 2.75) is 19.2 Å². The third kappa shape index (κ3) is 2.85. The van der Waals surface area contributed by atoms with Crippen LogP contribution in [0.1, 0.15) is 28.2 Å². The van der Waals surface area contributed by atoms with E-state index in [0.717, 1.165) is 6.21 Å². The highest BCUT2D eigenvalue weighted by atomic mass is 19.2. The largest absolute Gasteiger partial charge is 0.477 e. The quantitative estimate of drug-likeness (QED) is 0.908.